The van der Waals surface area contributed by atoms with E-state index in [0.717, 1.165) is 0 Å². The first-order valence-corrected chi connectivity index (χ1v) is 16.1. The van der Waals surface area contributed by atoms with Crippen molar-refractivity contribution >= 4 is 5.91 Å². The Hall–Kier alpha value is -1.59. The van der Waals surface area contributed by atoms with E-state index in [1.54, 1.807) is 6.92 Å². The number of nitrogens with one attached hydrogen (secondary N) is 2. The van der Waals surface area contributed by atoms with Crippen LogP contribution in [0.5, 0.6) is 0 Å². The van der Waals surface area contributed by atoms with Crippen molar-refractivity contribution in [2.45, 2.75) is 107 Å². The molecule has 2 rings (SSSR count). The van der Waals surface area contributed by atoms with Gasteiger partial charge in [0.1, 0.15) is 0 Å². The summed E-state index contributed by atoms with van der Waals surface area (Å²) in [6.07, 6.45) is 0.0515. The number of hydrogen-bond donors (Lipinski definition) is 2. The van der Waals surface area contributed by atoms with Gasteiger partial charge in [-0.15, -0.1) is 0 Å². The minimum atomic E-state index is -0.675. The predicted octanol–water partition coefficient (Wildman–Crippen LogP) is 4.79. The van der Waals surface area contributed by atoms with Crippen LogP contribution in [0.2, 0.25) is 0 Å². The molecular formula is C31H54N4O6V. The molecule has 42 heavy (non-hydrogen) atoms. The summed E-state index contributed by atoms with van der Waals surface area (Å²) in [5.74, 6) is 3.35. The number of amides is 1. The van der Waals surface area contributed by atoms with E-state index in [1.807, 2.05) is 17.2 Å². The average Bonchev–Trinajstić information content (AvgIpc) is 3.35. The molecule has 0 radical (unpaired) electrons. The molecule has 0 aromatic carbocycles. The molecule has 0 saturated carbocycles. The third kappa shape index (κ3) is 9.46. The van der Waals surface area contributed by atoms with Crippen molar-refractivity contribution in [1.82, 2.24) is 14.9 Å². The van der Waals surface area contributed by atoms with Gasteiger partial charge >= 0.3 is 182 Å². The quantitative estimate of drug-likeness (QED) is 0.254. The molecule has 1 saturated heterocycles. The van der Waals surface area contributed by atoms with Crippen LogP contribution >= 0.6 is 0 Å². The maximum atomic E-state index is 13.4. The van der Waals surface area contributed by atoms with Gasteiger partial charge in [0, 0.05) is 0 Å². The van der Waals surface area contributed by atoms with E-state index < -0.39 is 29.7 Å². The van der Waals surface area contributed by atoms with E-state index in [2.05, 4.69) is 83.5 Å². The first kappa shape index (κ1) is 36.6. The zero-order chi connectivity index (χ0) is 31.9. The summed E-state index contributed by atoms with van der Waals surface area (Å²) in [4.78, 5) is 45.3. The van der Waals surface area contributed by atoms with Crippen molar-refractivity contribution in [2.24, 2.45) is 51.3 Å². The zero-order valence-electron chi connectivity index (χ0n) is 27.4. The van der Waals surface area contributed by atoms with E-state index in [4.69, 9.17) is 14.3 Å². The third-order valence-corrected chi connectivity index (χ3v) is 10.4. The van der Waals surface area contributed by atoms with Crippen LogP contribution in [0.25, 0.3) is 0 Å². The zero-order valence-corrected chi connectivity index (χ0v) is 28.8. The Morgan fingerprint density at radius 2 is 1.55 bits per heavy atom. The molecule has 10 nitrogen and oxygen atoms in total. The van der Waals surface area contributed by atoms with Gasteiger partial charge in [-0.25, -0.2) is 0 Å². The fourth-order valence-electron chi connectivity index (χ4n) is 6.08. The first-order chi connectivity index (χ1) is 19.6. The number of carbonyl (C=O) groups is 1. The van der Waals surface area contributed by atoms with E-state index in [9.17, 15) is 14.4 Å². The summed E-state index contributed by atoms with van der Waals surface area (Å²) in [7, 11) is 0. The summed E-state index contributed by atoms with van der Waals surface area (Å²) < 4.78 is 17.2. The molecule has 1 amide bonds. The molecule has 0 spiro atoms. The monoisotopic (exact) mass is 629 g/mol. The second-order valence-electron chi connectivity index (χ2n) is 13.3. The molecular weight excluding hydrogens is 575 g/mol. The Bertz CT molecular complexity index is 1140. The van der Waals surface area contributed by atoms with Crippen LogP contribution in [-0.4, -0.2) is 46.9 Å². The average molecular weight is 630 g/mol. The maximum absolute atomic E-state index is 13.4. The molecule has 10 atom stereocenters. The molecule has 10 unspecified atom stereocenters. The molecule has 239 valence electrons. The fraction of sp³-hybridized carbons (Fsp3) is 0.839. The molecule has 0 aliphatic carbocycles. The van der Waals surface area contributed by atoms with Gasteiger partial charge in [0.15, 0.2) is 0 Å². The molecule has 0 bridgehead atoms. The van der Waals surface area contributed by atoms with Crippen molar-refractivity contribution in [3.63, 3.8) is 0 Å². The molecule has 1 fully saturated rings. The van der Waals surface area contributed by atoms with Crippen molar-refractivity contribution in [3.8, 4) is 0 Å². The molecule has 1 aromatic rings. The van der Waals surface area contributed by atoms with Crippen molar-refractivity contribution < 1.29 is 36.3 Å². The Kier molecular flexibility index (Phi) is 14.4. The third-order valence-electron chi connectivity index (χ3n) is 10.2. The summed E-state index contributed by atoms with van der Waals surface area (Å²) in [5.41, 5.74) is -0.606. The molecule has 2 heterocycles. The number of hydrogen-bond acceptors (Lipinski definition) is 7. The Morgan fingerprint density at radius 3 is 2.12 bits per heavy atom. The van der Waals surface area contributed by atoms with Gasteiger partial charge in [-0.1, -0.05) is 55.4 Å². The van der Waals surface area contributed by atoms with E-state index >= 15 is 0 Å². The van der Waals surface area contributed by atoms with Crippen LogP contribution in [-0.2, 0) is 36.3 Å². The number of aromatic amines is 1. The number of carbonyl (C=O) groups excluding carboxylic acids is 1. The summed E-state index contributed by atoms with van der Waals surface area (Å²) >= 11 is 1.98. The Labute approximate surface area is 260 Å². The topological polar surface area (TPSA) is 124 Å². The summed E-state index contributed by atoms with van der Waals surface area (Å²) in [5, 5.41) is 3.35. The Balaban J connectivity index is 2.19. The van der Waals surface area contributed by atoms with Crippen molar-refractivity contribution in [1.29, 1.82) is 0 Å². The molecule has 1 aliphatic heterocycles. The number of ether oxygens (including phenoxy) is 2. The van der Waals surface area contributed by atoms with E-state index in [0.29, 0.717) is 47.5 Å². The van der Waals surface area contributed by atoms with Crippen LogP contribution in [0.15, 0.2) is 19.7 Å². The summed E-state index contributed by atoms with van der Waals surface area (Å²) in [6.45, 7) is 24.3. The second-order valence-corrected chi connectivity index (χ2v) is 13.6. The van der Waals surface area contributed by atoms with Crippen LogP contribution in [0, 0.1) is 54.3 Å². The number of H-pyrrole nitrogens is 1. The van der Waals surface area contributed by atoms with Crippen LogP contribution in [0.4, 0.5) is 0 Å². The van der Waals surface area contributed by atoms with Gasteiger partial charge < -0.3 is 0 Å². The number of aromatic nitrogens is 2. The van der Waals surface area contributed by atoms with E-state index in [1.165, 1.54) is 10.8 Å². The summed E-state index contributed by atoms with van der Waals surface area (Å²) in [6, 6.07) is -0.0126. The van der Waals surface area contributed by atoms with Gasteiger partial charge in [-0.05, 0) is 23.7 Å². The van der Waals surface area contributed by atoms with Crippen LogP contribution in [0.1, 0.15) is 87.4 Å². The van der Waals surface area contributed by atoms with Gasteiger partial charge in [-0.2, -0.15) is 0 Å². The number of aryl methyl sites for hydroxylation is 1. The number of rotatable bonds is 16. The van der Waals surface area contributed by atoms with E-state index in [-0.39, 0.29) is 37.0 Å². The minimum absolute atomic E-state index is 0.0126. The predicted molar refractivity (Wildman–Crippen MR) is 159 cm³/mol. The van der Waals surface area contributed by atoms with Gasteiger partial charge in [0.05, 0.1) is 0 Å². The standard InChI is InChI=1S/C31H54N4O6.V/c1-16(2)19(6)21(8)22(9)24(11)29(23(10)20(7)17(3)4)33-27(36)15-39-25-12-28(41-26(25)14-40-32)35-13-18(5)30(37)34-31(35)38;/h13,16-17,19-26,28-29H,12,14-15H2,1-11H3,(H,33,36)(H,34,37,38);. The van der Waals surface area contributed by atoms with Gasteiger partial charge in [0.25, 0.3) is 0 Å². The van der Waals surface area contributed by atoms with Gasteiger partial charge in [-0.3, -0.25) is 0 Å². The second kappa shape index (κ2) is 16.5. The molecule has 2 N–H and O–H groups in total. The van der Waals surface area contributed by atoms with Crippen LogP contribution in [0.3, 0.4) is 0 Å². The normalized spacial score (nSPS) is 24.1. The van der Waals surface area contributed by atoms with Crippen molar-refractivity contribution in [3.05, 3.63) is 32.6 Å². The molecule has 1 aliphatic rings. The molecule has 11 heteroatoms. The number of nitrogens with zero attached hydrogens (tertiary/aromatic N) is 2. The fourth-order valence-corrected chi connectivity index (χ4v) is 6.19. The SMILES string of the molecule is Cc1cn(C2CC(OCC(=O)NC(C(C)C(C)C(C)C)C(C)C(C)C(C)C(C)C(C)C)C(CO[N]=[V])O2)c(=O)[nH]c1=O. The van der Waals surface area contributed by atoms with Crippen LogP contribution < -0.4 is 16.6 Å². The van der Waals surface area contributed by atoms with Crippen molar-refractivity contribution in [2.75, 3.05) is 13.2 Å². The van der Waals surface area contributed by atoms with Gasteiger partial charge in [0.2, 0.25) is 0 Å². The molecule has 1 aromatic heterocycles. The first-order valence-electron chi connectivity index (χ1n) is 15.4. The Morgan fingerprint density at radius 1 is 1.00 bits per heavy atom.